The van der Waals surface area contributed by atoms with Gasteiger partial charge in [0, 0.05) is 4.88 Å². The maximum absolute atomic E-state index is 5.76. The van der Waals surface area contributed by atoms with Gasteiger partial charge in [-0.15, -0.1) is 11.3 Å². The Bertz CT molecular complexity index is 193. The molecule has 0 spiro atoms. The fraction of sp³-hybridized carbons (Fsp3) is 0.500. The zero-order chi connectivity index (χ0) is 7.40. The molecule has 0 amide bonds. The maximum Gasteiger partial charge on any atom is 0.0931 e. The highest BCUT2D eigenvalue weighted by atomic mass is 35.5. The van der Waals surface area contributed by atoms with Gasteiger partial charge in [-0.3, -0.25) is 0 Å². The van der Waals surface area contributed by atoms with Gasteiger partial charge in [0.05, 0.1) is 4.34 Å². The second kappa shape index (κ2) is 3.99. The van der Waals surface area contributed by atoms with Crippen molar-refractivity contribution in [2.75, 3.05) is 0 Å². The fourth-order valence-electron chi connectivity index (χ4n) is 0.837. The van der Waals surface area contributed by atoms with Crippen LogP contribution in [0.3, 0.4) is 0 Å². The number of unbranched alkanes of at least 4 members (excludes halogenated alkanes) is 1. The lowest BCUT2D eigenvalue weighted by molar-refractivity contribution is 0.804. The molecule has 1 rings (SSSR count). The largest absolute Gasteiger partial charge is 0.128 e. The molecule has 1 heterocycles. The summed E-state index contributed by atoms with van der Waals surface area (Å²) < 4.78 is 0.908. The van der Waals surface area contributed by atoms with E-state index in [9.17, 15) is 0 Å². The van der Waals surface area contributed by atoms with E-state index >= 15 is 0 Å². The van der Waals surface area contributed by atoms with Crippen molar-refractivity contribution < 1.29 is 0 Å². The Kier molecular flexibility index (Phi) is 3.23. The van der Waals surface area contributed by atoms with Gasteiger partial charge in [0.15, 0.2) is 0 Å². The highest BCUT2D eigenvalue weighted by Gasteiger charge is 1.95. The normalized spacial score (nSPS) is 10.2. The molecule has 10 heavy (non-hydrogen) atoms. The molecular formula is C8H11ClS. The molecule has 0 bridgehead atoms. The summed E-state index contributed by atoms with van der Waals surface area (Å²) in [6, 6.07) is 4.08. The van der Waals surface area contributed by atoms with E-state index in [2.05, 4.69) is 13.0 Å². The van der Waals surface area contributed by atoms with E-state index in [0.717, 1.165) is 4.34 Å². The predicted molar refractivity (Wildman–Crippen MR) is 47.9 cm³/mol. The van der Waals surface area contributed by atoms with Crippen LogP contribution in [0.4, 0.5) is 0 Å². The summed E-state index contributed by atoms with van der Waals surface area (Å²) in [7, 11) is 0. The van der Waals surface area contributed by atoms with E-state index in [0.29, 0.717) is 0 Å². The minimum absolute atomic E-state index is 0.908. The first kappa shape index (κ1) is 8.09. The van der Waals surface area contributed by atoms with Gasteiger partial charge >= 0.3 is 0 Å². The van der Waals surface area contributed by atoms with Crippen molar-refractivity contribution in [2.45, 2.75) is 26.2 Å². The van der Waals surface area contributed by atoms with E-state index in [1.54, 1.807) is 11.3 Å². The number of rotatable bonds is 3. The number of aryl methyl sites for hydroxylation is 1. The van der Waals surface area contributed by atoms with Crippen molar-refractivity contribution in [2.24, 2.45) is 0 Å². The first-order valence-corrected chi connectivity index (χ1v) is 4.76. The highest BCUT2D eigenvalue weighted by molar-refractivity contribution is 7.16. The highest BCUT2D eigenvalue weighted by Crippen LogP contribution is 2.22. The van der Waals surface area contributed by atoms with Crippen LogP contribution in [0.25, 0.3) is 0 Å². The summed E-state index contributed by atoms with van der Waals surface area (Å²) in [5.74, 6) is 0. The van der Waals surface area contributed by atoms with Gasteiger partial charge < -0.3 is 0 Å². The topological polar surface area (TPSA) is 0 Å². The molecule has 0 aliphatic heterocycles. The zero-order valence-corrected chi connectivity index (χ0v) is 7.63. The van der Waals surface area contributed by atoms with Crippen LogP contribution in [-0.2, 0) is 6.42 Å². The summed E-state index contributed by atoms with van der Waals surface area (Å²) in [6.07, 6.45) is 3.72. The zero-order valence-electron chi connectivity index (χ0n) is 6.06. The van der Waals surface area contributed by atoms with Crippen LogP contribution in [-0.4, -0.2) is 0 Å². The van der Waals surface area contributed by atoms with Crippen molar-refractivity contribution in [1.29, 1.82) is 0 Å². The van der Waals surface area contributed by atoms with Gasteiger partial charge in [-0.25, -0.2) is 0 Å². The Hall–Kier alpha value is -0.0100. The Morgan fingerprint density at radius 2 is 2.30 bits per heavy atom. The number of hydrogen-bond donors (Lipinski definition) is 0. The smallest absolute Gasteiger partial charge is 0.0931 e. The second-order valence-electron chi connectivity index (χ2n) is 2.31. The molecule has 0 nitrogen and oxygen atoms in total. The molecular weight excluding hydrogens is 164 g/mol. The third-order valence-electron chi connectivity index (χ3n) is 1.41. The molecule has 0 saturated heterocycles. The van der Waals surface area contributed by atoms with Crippen molar-refractivity contribution in [3.63, 3.8) is 0 Å². The molecule has 0 aliphatic rings. The van der Waals surface area contributed by atoms with E-state index in [1.165, 1.54) is 24.1 Å². The van der Waals surface area contributed by atoms with Gasteiger partial charge in [0.1, 0.15) is 0 Å². The molecule has 0 radical (unpaired) electrons. The van der Waals surface area contributed by atoms with Crippen LogP contribution in [0.15, 0.2) is 12.1 Å². The molecule has 2 heteroatoms. The summed E-state index contributed by atoms with van der Waals surface area (Å²) in [5, 5.41) is 0. The van der Waals surface area contributed by atoms with Crippen LogP contribution < -0.4 is 0 Å². The lowest BCUT2D eigenvalue weighted by Crippen LogP contribution is -1.75. The Labute approximate surface area is 70.8 Å². The standard InChI is InChI=1S/C8H11ClS/c1-2-3-4-7-5-6-8(9)10-7/h5-6H,2-4H2,1H3. The van der Waals surface area contributed by atoms with Crippen LogP contribution in [0.5, 0.6) is 0 Å². The molecule has 1 aromatic heterocycles. The number of halogens is 1. The number of hydrogen-bond acceptors (Lipinski definition) is 1. The maximum atomic E-state index is 5.76. The predicted octanol–water partition coefficient (Wildman–Crippen LogP) is 3.74. The molecule has 0 atom stereocenters. The lowest BCUT2D eigenvalue weighted by atomic mass is 10.2. The number of thiophene rings is 1. The molecule has 56 valence electrons. The monoisotopic (exact) mass is 174 g/mol. The van der Waals surface area contributed by atoms with Gasteiger partial charge in [-0.05, 0) is 25.0 Å². The van der Waals surface area contributed by atoms with Crippen LogP contribution in [0.1, 0.15) is 24.6 Å². The molecule has 0 aromatic carbocycles. The van der Waals surface area contributed by atoms with E-state index in [4.69, 9.17) is 11.6 Å². The minimum atomic E-state index is 0.908. The van der Waals surface area contributed by atoms with Gasteiger partial charge in [0.2, 0.25) is 0 Å². The van der Waals surface area contributed by atoms with E-state index in [1.807, 2.05) is 6.07 Å². The summed E-state index contributed by atoms with van der Waals surface area (Å²) in [6.45, 7) is 2.20. The average molecular weight is 175 g/mol. The van der Waals surface area contributed by atoms with Crippen LogP contribution in [0.2, 0.25) is 4.34 Å². The Morgan fingerprint density at radius 1 is 1.50 bits per heavy atom. The summed E-state index contributed by atoms with van der Waals surface area (Å²) in [5.41, 5.74) is 0. The lowest BCUT2D eigenvalue weighted by Gasteiger charge is -1.90. The molecule has 0 N–H and O–H groups in total. The molecule has 0 unspecified atom stereocenters. The van der Waals surface area contributed by atoms with Crippen molar-refractivity contribution in [3.05, 3.63) is 21.3 Å². The van der Waals surface area contributed by atoms with Gasteiger partial charge in [-0.2, -0.15) is 0 Å². The van der Waals surface area contributed by atoms with E-state index in [-0.39, 0.29) is 0 Å². The third kappa shape index (κ3) is 2.31. The average Bonchev–Trinajstić information content (AvgIpc) is 2.31. The van der Waals surface area contributed by atoms with Crippen molar-refractivity contribution in [1.82, 2.24) is 0 Å². The van der Waals surface area contributed by atoms with Gasteiger partial charge in [0.25, 0.3) is 0 Å². The SMILES string of the molecule is CCCCc1ccc(Cl)s1. The van der Waals surface area contributed by atoms with Crippen LogP contribution in [0, 0.1) is 0 Å². The first-order chi connectivity index (χ1) is 4.83. The molecule has 1 aromatic rings. The Balaban J connectivity index is 2.42. The summed E-state index contributed by atoms with van der Waals surface area (Å²) >= 11 is 7.45. The van der Waals surface area contributed by atoms with Gasteiger partial charge in [-0.1, -0.05) is 24.9 Å². The fourth-order valence-corrected chi connectivity index (χ4v) is 1.97. The minimum Gasteiger partial charge on any atom is -0.128 e. The van der Waals surface area contributed by atoms with Crippen molar-refractivity contribution >= 4 is 22.9 Å². The summed E-state index contributed by atoms with van der Waals surface area (Å²) in [4.78, 5) is 1.41. The van der Waals surface area contributed by atoms with E-state index < -0.39 is 0 Å². The molecule has 0 fully saturated rings. The first-order valence-electron chi connectivity index (χ1n) is 3.57. The van der Waals surface area contributed by atoms with Crippen molar-refractivity contribution in [3.8, 4) is 0 Å². The second-order valence-corrected chi connectivity index (χ2v) is 4.11. The molecule has 0 saturated carbocycles. The molecule has 0 aliphatic carbocycles. The quantitative estimate of drug-likeness (QED) is 0.655. The Morgan fingerprint density at radius 3 is 2.80 bits per heavy atom. The van der Waals surface area contributed by atoms with Crippen LogP contribution >= 0.6 is 22.9 Å². The third-order valence-corrected chi connectivity index (χ3v) is 2.70.